The van der Waals surface area contributed by atoms with Gasteiger partial charge < -0.3 is 4.74 Å². The first-order chi connectivity index (χ1) is 7.74. The van der Waals surface area contributed by atoms with Gasteiger partial charge in [0.25, 0.3) is 0 Å². The van der Waals surface area contributed by atoms with Gasteiger partial charge in [0.1, 0.15) is 6.04 Å². The normalized spacial score (nSPS) is 29.0. The molecule has 1 fully saturated rings. The maximum absolute atomic E-state index is 11.4. The first kappa shape index (κ1) is 11.6. The second-order valence-corrected chi connectivity index (χ2v) is 4.68. The van der Waals surface area contributed by atoms with Gasteiger partial charge in [-0.2, -0.15) is 0 Å². The molecule has 4 nitrogen and oxygen atoms in total. The number of nitrogens with one attached hydrogen (secondary N) is 2. The Hall–Kier alpha value is -0.910. The van der Waals surface area contributed by atoms with Crippen LogP contribution in [0.25, 0.3) is 0 Å². The van der Waals surface area contributed by atoms with Crippen LogP contribution in [0.1, 0.15) is 11.6 Å². The van der Waals surface area contributed by atoms with E-state index in [0.717, 1.165) is 5.56 Å². The highest BCUT2D eigenvalue weighted by Gasteiger charge is 2.39. The van der Waals surface area contributed by atoms with Gasteiger partial charge in [0, 0.05) is 0 Å². The molecule has 1 aliphatic heterocycles. The summed E-state index contributed by atoms with van der Waals surface area (Å²) in [6.07, 6.45) is 0. The number of ether oxygens (including phenoxy) is 1. The Balaban J connectivity index is 2.13. The van der Waals surface area contributed by atoms with E-state index >= 15 is 0 Å². The number of methoxy groups -OCH3 is 1. The Morgan fingerprint density at radius 1 is 1.31 bits per heavy atom. The molecule has 5 heteroatoms. The Labute approximate surface area is 102 Å². The summed E-state index contributed by atoms with van der Waals surface area (Å²) in [6, 6.07) is 9.65. The molecule has 0 aromatic heterocycles. The lowest BCUT2D eigenvalue weighted by Gasteiger charge is -2.15. The van der Waals surface area contributed by atoms with Crippen LogP contribution in [0, 0.1) is 0 Å². The van der Waals surface area contributed by atoms with Crippen molar-refractivity contribution in [3.05, 3.63) is 35.9 Å². The van der Waals surface area contributed by atoms with E-state index in [2.05, 4.69) is 26.8 Å². The summed E-state index contributed by atoms with van der Waals surface area (Å²) in [5.74, 6) is -0.271. The summed E-state index contributed by atoms with van der Waals surface area (Å²) in [4.78, 5) is 11.4. The van der Waals surface area contributed by atoms with Crippen molar-refractivity contribution in [1.82, 2.24) is 10.9 Å². The second-order valence-electron chi connectivity index (χ2n) is 3.62. The quantitative estimate of drug-likeness (QED) is 0.632. The molecule has 0 radical (unpaired) electrons. The molecule has 3 unspecified atom stereocenters. The second kappa shape index (κ2) is 4.95. The van der Waals surface area contributed by atoms with Crippen molar-refractivity contribution in [3.63, 3.8) is 0 Å². The topological polar surface area (TPSA) is 50.4 Å². The summed E-state index contributed by atoms with van der Waals surface area (Å²) in [6.45, 7) is 0. The standard InChI is InChI=1S/C11H13BrN2O2/c1-16-11(15)10-8(12)9(13-14-10)7-5-3-2-4-6-7/h2-6,8-10,13-14H,1H3. The van der Waals surface area contributed by atoms with Crippen LogP contribution in [0.2, 0.25) is 0 Å². The number of carbonyl (C=O) groups is 1. The highest BCUT2D eigenvalue weighted by molar-refractivity contribution is 9.09. The van der Waals surface area contributed by atoms with Crippen molar-refractivity contribution < 1.29 is 9.53 Å². The molecule has 1 aromatic carbocycles. The molecule has 0 aliphatic carbocycles. The molecular weight excluding hydrogens is 272 g/mol. The van der Waals surface area contributed by atoms with E-state index in [4.69, 9.17) is 4.74 Å². The van der Waals surface area contributed by atoms with E-state index in [0.29, 0.717) is 0 Å². The molecule has 1 heterocycles. The molecule has 0 spiro atoms. The van der Waals surface area contributed by atoms with Crippen molar-refractivity contribution >= 4 is 21.9 Å². The van der Waals surface area contributed by atoms with E-state index in [1.54, 1.807) is 0 Å². The van der Waals surface area contributed by atoms with Crippen molar-refractivity contribution in [1.29, 1.82) is 0 Å². The van der Waals surface area contributed by atoms with E-state index in [1.807, 2.05) is 30.3 Å². The van der Waals surface area contributed by atoms with Gasteiger partial charge in [0.05, 0.1) is 18.0 Å². The Morgan fingerprint density at radius 2 is 2.00 bits per heavy atom. The van der Waals surface area contributed by atoms with Gasteiger partial charge in [-0.1, -0.05) is 46.3 Å². The number of rotatable bonds is 2. The van der Waals surface area contributed by atoms with Gasteiger partial charge in [0.2, 0.25) is 0 Å². The van der Waals surface area contributed by atoms with E-state index < -0.39 is 0 Å². The van der Waals surface area contributed by atoms with Crippen LogP contribution in [0.4, 0.5) is 0 Å². The molecule has 0 saturated carbocycles. The first-order valence-corrected chi connectivity index (χ1v) is 5.93. The zero-order chi connectivity index (χ0) is 11.5. The Morgan fingerprint density at radius 3 is 2.62 bits per heavy atom. The van der Waals surface area contributed by atoms with E-state index in [9.17, 15) is 4.79 Å². The summed E-state index contributed by atoms with van der Waals surface area (Å²) in [5, 5.41) is 0. The third-order valence-corrected chi connectivity index (χ3v) is 3.70. The van der Waals surface area contributed by atoms with Crippen LogP contribution in [-0.4, -0.2) is 23.9 Å². The molecule has 16 heavy (non-hydrogen) atoms. The van der Waals surface area contributed by atoms with Crippen LogP contribution >= 0.6 is 15.9 Å². The molecule has 86 valence electrons. The molecule has 0 amide bonds. The molecule has 1 aliphatic rings. The third-order valence-electron chi connectivity index (χ3n) is 2.65. The smallest absolute Gasteiger partial charge is 0.325 e. The van der Waals surface area contributed by atoms with Crippen molar-refractivity contribution in [3.8, 4) is 0 Å². The highest BCUT2D eigenvalue weighted by Crippen LogP contribution is 2.28. The van der Waals surface area contributed by atoms with Crippen molar-refractivity contribution in [2.45, 2.75) is 16.9 Å². The average Bonchev–Trinajstić information content (AvgIpc) is 2.71. The van der Waals surface area contributed by atoms with Gasteiger partial charge in [0.15, 0.2) is 0 Å². The third kappa shape index (κ3) is 2.11. The molecular formula is C11H13BrN2O2. The summed E-state index contributed by atoms with van der Waals surface area (Å²) < 4.78 is 4.72. The summed E-state index contributed by atoms with van der Waals surface area (Å²) >= 11 is 3.52. The largest absolute Gasteiger partial charge is 0.468 e. The highest BCUT2D eigenvalue weighted by atomic mass is 79.9. The van der Waals surface area contributed by atoms with Gasteiger partial charge in [-0.15, -0.1) is 0 Å². The number of esters is 1. The molecule has 3 atom stereocenters. The van der Waals surface area contributed by atoms with Crippen LogP contribution in [0.3, 0.4) is 0 Å². The number of hydrogen-bond donors (Lipinski definition) is 2. The van der Waals surface area contributed by atoms with E-state index in [-0.39, 0.29) is 22.9 Å². The molecule has 2 N–H and O–H groups in total. The molecule has 1 aromatic rings. The number of alkyl halides is 1. The van der Waals surface area contributed by atoms with Gasteiger partial charge in [-0.25, -0.2) is 10.9 Å². The number of carbonyl (C=O) groups excluding carboxylic acids is 1. The van der Waals surface area contributed by atoms with Gasteiger partial charge >= 0.3 is 5.97 Å². The molecule has 2 rings (SSSR count). The first-order valence-electron chi connectivity index (χ1n) is 5.02. The van der Waals surface area contributed by atoms with Gasteiger partial charge in [-0.05, 0) is 5.56 Å². The van der Waals surface area contributed by atoms with Crippen molar-refractivity contribution in [2.24, 2.45) is 0 Å². The Kier molecular flexibility index (Phi) is 3.58. The average molecular weight is 285 g/mol. The zero-order valence-electron chi connectivity index (χ0n) is 8.81. The number of hydrazine groups is 1. The number of benzene rings is 1. The summed E-state index contributed by atoms with van der Waals surface area (Å²) in [7, 11) is 1.39. The lowest BCUT2D eigenvalue weighted by atomic mass is 10.0. The van der Waals surface area contributed by atoms with Gasteiger partial charge in [-0.3, -0.25) is 4.79 Å². The number of hydrogen-bond acceptors (Lipinski definition) is 4. The maximum Gasteiger partial charge on any atom is 0.325 e. The van der Waals surface area contributed by atoms with Crippen molar-refractivity contribution in [2.75, 3.05) is 7.11 Å². The van der Waals surface area contributed by atoms with Crippen LogP contribution < -0.4 is 10.9 Å². The number of halogens is 1. The van der Waals surface area contributed by atoms with Crippen LogP contribution in [-0.2, 0) is 9.53 Å². The minimum Gasteiger partial charge on any atom is -0.468 e. The fraction of sp³-hybridized carbons (Fsp3) is 0.364. The molecule has 1 saturated heterocycles. The lowest BCUT2D eigenvalue weighted by molar-refractivity contribution is -0.142. The summed E-state index contributed by atoms with van der Waals surface area (Å²) in [5.41, 5.74) is 7.15. The lowest BCUT2D eigenvalue weighted by Crippen LogP contribution is -2.39. The predicted octanol–water partition coefficient (Wildman–Crippen LogP) is 1.14. The minimum atomic E-state index is -0.366. The van der Waals surface area contributed by atoms with E-state index in [1.165, 1.54) is 7.11 Å². The predicted molar refractivity (Wildman–Crippen MR) is 64.0 cm³/mol. The maximum atomic E-state index is 11.4. The minimum absolute atomic E-state index is 0.0256. The van der Waals surface area contributed by atoms with Crippen LogP contribution in [0.5, 0.6) is 0 Å². The molecule has 0 bridgehead atoms. The zero-order valence-corrected chi connectivity index (χ0v) is 10.4. The Bertz CT molecular complexity index is 372. The fourth-order valence-electron chi connectivity index (χ4n) is 1.77. The van der Waals surface area contributed by atoms with Crippen LogP contribution in [0.15, 0.2) is 30.3 Å². The fourth-order valence-corrected chi connectivity index (χ4v) is 2.56. The monoisotopic (exact) mass is 284 g/mol. The SMILES string of the molecule is COC(=O)C1NNC(c2ccccc2)C1Br.